The van der Waals surface area contributed by atoms with Crippen molar-refractivity contribution in [3.63, 3.8) is 0 Å². The average Bonchev–Trinajstić information content (AvgIpc) is 2.26. The van der Waals surface area contributed by atoms with Gasteiger partial charge in [-0.25, -0.2) is 9.18 Å². The second-order valence-electron chi connectivity index (χ2n) is 5.52. The zero-order valence-corrected chi connectivity index (χ0v) is 11.8. The number of rotatable bonds is 5. The lowest BCUT2D eigenvalue weighted by Gasteiger charge is -2.19. The molecular weight excluding hydrogens is 245 g/mol. The molecule has 1 aromatic rings. The van der Waals surface area contributed by atoms with E-state index in [2.05, 4.69) is 5.32 Å². The Labute approximate surface area is 114 Å². The quantitative estimate of drug-likeness (QED) is 0.827. The number of hydrogen-bond acceptors (Lipinski definition) is 2. The highest BCUT2D eigenvalue weighted by atomic mass is 19.1. The fourth-order valence-electron chi connectivity index (χ4n) is 1.65. The van der Waals surface area contributed by atoms with Crippen molar-refractivity contribution in [3.8, 4) is 0 Å². The number of unbranched alkanes of at least 4 members (excludes halogenated alkanes) is 1. The molecule has 1 aromatic carbocycles. The standard InChI is InChI=1S/C15H22FNO2/c1-15(2,3)19-14(18)17-10-5-4-7-12-8-6-9-13(16)11-12/h6,8-9,11H,4-5,7,10H2,1-3H3,(H,17,18). The highest BCUT2D eigenvalue weighted by Crippen LogP contribution is 2.08. The smallest absolute Gasteiger partial charge is 0.407 e. The Hall–Kier alpha value is -1.58. The summed E-state index contributed by atoms with van der Waals surface area (Å²) in [6, 6.07) is 6.60. The summed E-state index contributed by atoms with van der Waals surface area (Å²) in [7, 11) is 0. The van der Waals surface area contributed by atoms with Crippen LogP contribution in [-0.4, -0.2) is 18.2 Å². The first kappa shape index (κ1) is 15.5. The maximum Gasteiger partial charge on any atom is 0.407 e. The van der Waals surface area contributed by atoms with Crippen LogP contribution in [0.5, 0.6) is 0 Å². The second-order valence-corrected chi connectivity index (χ2v) is 5.52. The fraction of sp³-hybridized carbons (Fsp3) is 0.533. The Morgan fingerprint density at radius 2 is 2.05 bits per heavy atom. The number of amides is 1. The summed E-state index contributed by atoms with van der Waals surface area (Å²) in [5, 5.41) is 2.70. The van der Waals surface area contributed by atoms with Gasteiger partial charge in [0.25, 0.3) is 0 Å². The third-order valence-electron chi connectivity index (χ3n) is 2.45. The van der Waals surface area contributed by atoms with Crippen molar-refractivity contribution in [2.75, 3.05) is 6.54 Å². The van der Waals surface area contributed by atoms with E-state index in [1.807, 2.05) is 26.8 Å². The molecule has 0 heterocycles. The third kappa shape index (κ3) is 7.44. The van der Waals surface area contributed by atoms with Crippen LogP contribution < -0.4 is 5.32 Å². The van der Waals surface area contributed by atoms with Crippen LogP contribution in [0.1, 0.15) is 39.2 Å². The minimum absolute atomic E-state index is 0.204. The molecule has 1 N–H and O–H groups in total. The van der Waals surface area contributed by atoms with Crippen LogP contribution in [0, 0.1) is 5.82 Å². The minimum atomic E-state index is -0.467. The number of ether oxygens (including phenoxy) is 1. The van der Waals surface area contributed by atoms with Crippen molar-refractivity contribution < 1.29 is 13.9 Å². The molecule has 0 fully saturated rings. The van der Waals surface area contributed by atoms with E-state index in [-0.39, 0.29) is 5.82 Å². The van der Waals surface area contributed by atoms with Crippen LogP contribution in [0.15, 0.2) is 24.3 Å². The summed E-state index contributed by atoms with van der Waals surface area (Å²) >= 11 is 0. The molecule has 0 spiro atoms. The van der Waals surface area contributed by atoms with Gasteiger partial charge >= 0.3 is 6.09 Å². The zero-order valence-electron chi connectivity index (χ0n) is 11.8. The van der Waals surface area contributed by atoms with Crippen molar-refractivity contribution in [2.45, 2.75) is 45.6 Å². The van der Waals surface area contributed by atoms with E-state index in [1.165, 1.54) is 6.07 Å². The fourth-order valence-corrected chi connectivity index (χ4v) is 1.65. The lowest BCUT2D eigenvalue weighted by Crippen LogP contribution is -2.33. The van der Waals surface area contributed by atoms with Crippen molar-refractivity contribution in [3.05, 3.63) is 35.6 Å². The Bertz CT molecular complexity index is 413. The Kier molecular flexibility index (Phi) is 5.80. The molecular formula is C15H22FNO2. The lowest BCUT2D eigenvalue weighted by atomic mass is 10.1. The highest BCUT2D eigenvalue weighted by molar-refractivity contribution is 5.67. The summed E-state index contributed by atoms with van der Waals surface area (Å²) in [6.07, 6.45) is 2.17. The van der Waals surface area contributed by atoms with Gasteiger partial charge in [0.1, 0.15) is 11.4 Å². The first-order valence-corrected chi connectivity index (χ1v) is 6.58. The Morgan fingerprint density at radius 1 is 1.32 bits per heavy atom. The van der Waals surface area contributed by atoms with E-state index in [0.29, 0.717) is 6.54 Å². The van der Waals surface area contributed by atoms with Crippen molar-refractivity contribution in [1.29, 1.82) is 0 Å². The molecule has 3 nitrogen and oxygen atoms in total. The molecule has 0 saturated carbocycles. The predicted molar refractivity (Wildman–Crippen MR) is 73.6 cm³/mol. The normalized spacial score (nSPS) is 11.2. The first-order valence-electron chi connectivity index (χ1n) is 6.58. The van der Waals surface area contributed by atoms with Crippen LogP contribution in [0.2, 0.25) is 0 Å². The van der Waals surface area contributed by atoms with E-state index in [0.717, 1.165) is 24.8 Å². The van der Waals surface area contributed by atoms with Gasteiger partial charge in [-0.3, -0.25) is 0 Å². The van der Waals surface area contributed by atoms with Crippen molar-refractivity contribution >= 4 is 6.09 Å². The zero-order chi connectivity index (χ0) is 14.3. The van der Waals surface area contributed by atoms with Crippen molar-refractivity contribution in [2.24, 2.45) is 0 Å². The van der Waals surface area contributed by atoms with Gasteiger partial charge < -0.3 is 10.1 Å². The molecule has 19 heavy (non-hydrogen) atoms. The van der Waals surface area contributed by atoms with Crippen LogP contribution in [0.4, 0.5) is 9.18 Å². The van der Waals surface area contributed by atoms with E-state index < -0.39 is 11.7 Å². The Morgan fingerprint density at radius 3 is 2.68 bits per heavy atom. The largest absolute Gasteiger partial charge is 0.444 e. The van der Waals surface area contributed by atoms with Gasteiger partial charge in [-0.05, 0) is 57.7 Å². The van der Waals surface area contributed by atoms with E-state index in [1.54, 1.807) is 12.1 Å². The molecule has 0 unspecified atom stereocenters. The molecule has 106 valence electrons. The van der Waals surface area contributed by atoms with Gasteiger partial charge in [0, 0.05) is 6.54 Å². The number of hydrogen-bond donors (Lipinski definition) is 1. The molecule has 0 aromatic heterocycles. The summed E-state index contributed by atoms with van der Waals surface area (Å²) in [5.74, 6) is -0.204. The molecule has 1 rings (SSSR count). The summed E-state index contributed by atoms with van der Waals surface area (Å²) < 4.78 is 18.1. The average molecular weight is 267 g/mol. The summed E-state index contributed by atoms with van der Waals surface area (Å²) in [6.45, 7) is 6.06. The van der Waals surface area contributed by atoms with E-state index >= 15 is 0 Å². The molecule has 0 radical (unpaired) electrons. The number of carbonyl (C=O) groups is 1. The van der Waals surface area contributed by atoms with Crippen LogP contribution in [0.25, 0.3) is 0 Å². The van der Waals surface area contributed by atoms with E-state index in [9.17, 15) is 9.18 Å². The molecule has 0 bridgehead atoms. The van der Waals surface area contributed by atoms with Gasteiger partial charge in [-0.1, -0.05) is 12.1 Å². The molecule has 0 atom stereocenters. The summed E-state index contributed by atoms with van der Waals surface area (Å²) in [4.78, 5) is 11.4. The number of carbonyl (C=O) groups excluding carboxylic acids is 1. The predicted octanol–water partition coefficient (Wildman–Crippen LogP) is 3.67. The summed E-state index contributed by atoms with van der Waals surface area (Å²) in [5.41, 5.74) is 0.517. The van der Waals surface area contributed by atoms with Crippen LogP contribution >= 0.6 is 0 Å². The monoisotopic (exact) mass is 267 g/mol. The number of nitrogens with one attached hydrogen (secondary N) is 1. The molecule has 0 aliphatic carbocycles. The molecule has 4 heteroatoms. The third-order valence-corrected chi connectivity index (χ3v) is 2.45. The number of alkyl carbamates (subject to hydrolysis) is 1. The highest BCUT2D eigenvalue weighted by Gasteiger charge is 2.15. The van der Waals surface area contributed by atoms with Gasteiger partial charge in [0.15, 0.2) is 0 Å². The maximum absolute atomic E-state index is 12.9. The van der Waals surface area contributed by atoms with Gasteiger partial charge in [-0.2, -0.15) is 0 Å². The topological polar surface area (TPSA) is 38.3 Å². The number of aryl methyl sites for hydroxylation is 1. The van der Waals surface area contributed by atoms with Gasteiger partial charge in [0.05, 0.1) is 0 Å². The number of halogens is 1. The first-order chi connectivity index (χ1) is 8.87. The van der Waals surface area contributed by atoms with Gasteiger partial charge in [-0.15, -0.1) is 0 Å². The SMILES string of the molecule is CC(C)(C)OC(=O)NCCCCc1cccc(F)c1. The van der Waals surface area contributed by atoms with E-state index in [4.69, 9.17) is 4.74 Å². The van der Waals surface area contributed by atoms with Gasteiger partial charge in [0.2, 0.25) is 0 Å². The lowest BCUT2D eigenvalue weighted by molar-refractivity contribution is 0.0527. The van der Waals surface area contributed by atoms with Crippen LogP contribution in [0.3, 0.4) is 0 Å². The van der Waals surface area contributed by atoms with Crippen LogP contribution in [-0.2, 0) is 11.2 Å². The molecule has 0 saturated heterocycles. The second kappa shape index (κ2) is 7.12. The molecule has 1 amide bonds. The number of benzene rings is 1. The minimum Gasteiger partial charge on any atom is -0.444 e. The molecule has 0 aliphatic rings. The van der Waals surface area contributed by atoms with Crippen molar-refractivity contribution in [1.82, 2.24) is 5.32 Å². The maximum atomic E-state index is 12.9. The Balaban J connectivity index is 2.13. The molecule has 0 aliphatic heterocycles.